The first kappa shape index (κ1) is 19.0. The van der Waals surface area contributed by atoms with Crippen LogP contribution in [0.3, 0.4) is 0 Å². The van der Waals surface area contributed by atoms with Crippen molar-refractivity contribution >= 4 is 28.3 Å². The van der Waals surface area contributed by atoms with Crippen molar-refractivity contribution < 1.29 is 24.2 Å². The second kappa shape index (κ2) is 7.93. The van der Waals surface area contributed by atoms with Crippen molar-refractivity contribution in [2.75, 3.05) is 24.7 Å². The predicted molar refractivity (Wildman–Crippen MR) is 110 cm³/mol. The summed E-state index contributed by atoms with van der Waals surface area (Å²) in [5.74, 6) is 0.0187. The van der Waals surface area contributed by atoms with E-state index in [4.69, 9.17) is 9.47 Å². The summed E-state index contributed by atoms with van der Waals surface area (Å²) in [6.07, 6.45) is -0.867. The number of carbonyl (C=O) groups is 2. The number of carbonyl (C=O) groups excluding carboxylic acids is 2. The van der Waals surface area contributed by atoms with E-state index in [9.17, 15) is 14.7 Å². The average Bonchev–Trinajstić information content (AvgIpc) is 3.01. The van der Waals surface area contributed by atoms with Crippen LogP contribution >= 0.6 is 0 Å². The van der Waals surface area contributed by atoms with Crippen LogP contribution in [0.5, 0.6) is 5.75 Å². The lowest BCUT2D eigenvalue weighted by molar-refractivity contribution is 0.0526. The van der Waals surface area contributed by atoms with Crippen molar-refractivity contribution in [3.63, 3.8) is 0 Å². The fraction of sp³-hybridized carbons (Fsp3) is 0.217. The van der Waals surface area contributed by atoms with Gasteiger partial charge >= 0.3 is 5.97 Å². The highest BCUT2D eigenvalue weighted by atomic mass is 16.5. The molecule has 6 heteroatoms. The first-order valence-corrected chi connectivity index (χ1v) is 9.50. The molecule has 1 amide bonds. The first-order chi connectivity index (χ1) is 14.1. The number of benzene rings is 3. The molecule has 1 atom stereocenters. The third-order valence-electron chi connectivity index (χ3n) is 4.85. The maximum atomic E-state index is 12.8. The number of aliphatic hydroxyl groups excluding tert-OH is 1. The topological polar surface area (TPSA) is 76.1 Å². The van der Waals surface area contributed by atoms with Gasteiger partial charge in [0, 0.05) is 10.9 Å². The number of aliphatic hydroxyl groups is 1. The number of rotatable bonds is 7. The number of β-amino-alcohol motifs (C(OH)–C–C–N with tert-alkyl or cyclic N) is 1. The summed E-state index contributed by atoms with van der Waals surface area (Å²) in [6, 6.07) is 17.9. The molecule has 0 fully saturated rings. The third kappa shape index (κ3) is 3.67. The van der Waals surface area contributed by atoms with Crippen LogP contribution in [-0.2, 0) is 4.74 Å². The fourth-order valence-corrected chi connectivity index (χ4v) is 3.52. The van der Waals surface area contributed by atoms with Crippen LogP contribution < -0.4 is 9.64 Å². The Morgan fingerprint density at radius 2 is 1.79 bits per heavy atom. The Hall–Kier alpha value is -3.38. The minimum atomic E-state index is -0.867. The maximum absolute atomic E-state index is 12.8. The Labute approximate surface area is 168 Å². The van der Waals surface area contributed by atoms with Crippen LogP contribution in [-0.4, -0.2) is 42.8 Å². The van der Waals surface area contributed by atoms with Crippen molar-refractivity contribution in [3.05, 3.63) is 71.8 Å². The van der Waals surface area contributed by atoms with Gasteiger partial charge in [-0.2, -0.15) is 0 Å². The lowest BCUT2D eigenvalue weighted by Crippen LogP contribution is -2.37. The quantitative estimate of drug-likeness (QED) is 0.625. The molecule has 0 aromatic heterocycles. The monoisotopic (exact) mass is 391 g/mol. The van der Waals surface area contributed by atoms with Crippen LogP contribution in [0.1, 0.15) is 27.6 Å². The van der Waals surface area contributed by atoms with Crippen LogP contribution in [0.15, 0.2) is 60.7 Å². The Morgan fingerprint density at radius 3 is 2.52 bits per heavy atom. The zero-order chi connectivity index (χ0) is 20.4. The molecule has 6 nitrogen and oxygen atoms in total. The van der Waals surface area contributed by atoms with Gasteiger partial charge in [0.25, 0.3) is 5.91 Å². The summed E-state index contributed by atoms with van der Waals surface area (Å²) in [5, 5.41) is 12.4. The zero-order valence-electron chi connectivity index (χ0n) is 16.0. The molecule has 29 heavy (non-hydrogen) atoms. The van der Waals surface area contributed by atoms with E-state index in [0.717, 1.165) is 16.5 Å². The second-order valence-corrected chi connectivity index (χ2v) is 6.81. The molecule has 1 aliphatic rings. The van der Waals surface area contributed by atoms with Gasteiger partial charge in [0.05, 0.1) is 24.4 Å². The number of ether oxygens (including phenoxy) is 2. The summed E-state index contributed by atoms with van der Waals surface area (Å²) in [7, 11) is 0. The number of hydrogen-bond acceptors (Lipinski definition) is 5. The number of amides is 1. The highest BCUT2D eigenvalue weighted by molar-refractivity contribution is 6.25. The van der Waals surface area contributed by atoms with Crippen LogP contribution in [0, 0.1) is 0 Å². The van der Waals surface area contributed by atoms with E-state index < -0.39 is 6.10 Å². The number of nitrogens with zero attached hydrogens (tertiary/aromatic N) is 1. The molecule has 3 aromatic carbocycles. The largest absolute Gasteiger partial charge is 0.491 e. The lowest BCUT2D eigenvalue weighted by Gasteiger charge is -2.21. The van der Waals surface area contributed by atoms with E-state index in [0.29, 0.717) is 23.5 Å². The number of esters is 1. The van der Waals surface area contributed by atoms with Gasteiger partial charge in [-0.15, -0.1) is 0 Å². The molecule has 0 saturated heterocycles. The molecule has 3 aromatic rings. The smallest absolute Gasteiger partial charge is 0.338 e. The van der Waals surface area contributed by atoms with Crippen LogP contribution in [0.25, 0.3) is 10.8 Å². The molecule has 0 aliphatic carbocycles. The van der Waals surface area contributed by atoms with Crippen molar-refractivity contribution in [3.8, 4) is 5.75 Å². The van der Waals surface area contributed by atoms with Gasteiger partial charge in [-0.25, -0.2) is 4.79 Å². The van der Waals surface area contributed by atoms with Crippen molar-refractivity contribution in [1.29, 1.82) is 0 Å². The minimum absolute atomic E-state index is 0.0227. The fourth-order valence-electron chi connectivity index (χ4n) is 3.52. The number of anilines is 1. The van der Waals surface area contributed by atoms with Crippen molar-refractivity contribution in [2.24, 2.45) is 0 Å². The van der Waals surface area contributed by atoms with Gasteiger partial charge in [-0.3, -0.25) is 4.79 Å². The Kier molecular flexibility index (Phi) is 5.18. The Balaban J connectivity index is 1.40. The summed E-state index contributed by atoms with van der Waals surface area (Å²) >= 11 is 0. The van der Waals surface area contributed by atoms with E-state index in [1.54, 1.807) is 36.1 Å². The third-order valence-corrected chi connectivity index (χ3v) is 4.85. The highest BCUT2D eigenvalue weighted by Gasteiger charge is 2.30. The molecule has 0 unspecified atom stereocenters. The first-order valence-electron chi connectivity index (χ1n) is 9.50. The SMILES string of the molecule is CCOC(=O)c1ccc(OC[C@@H](O)CN2C(=O)c3cccc4cccc2c34)cc1. The van der Waals surface area contributed by atoms with Gasteiger partial charge < -0.3 is 19.5 Å². The molecule has 0 saturated carbocycles. The lowest BCUT2D eigenvalue weighted by atomic mass is 10.1. The van der Waals surface area contributed by atoms with E-state index in [-0.39, 0.29) is 25.0 Å². The molecular formula is C23H21NO5. The second-order valence-electron chi connectivity index (χ2n) is 6.81. The van der Waals surface area contributed by atoms with Gasteiger partial charge in [0.1, 0.15) is 18.5 Å². The molecule has 1 aliphatic heterocycles. The van der Waals surface area contributed by atoms with Gasteiger partial charge in [0.2, 0.25) is 0 Å². The standard InChI is InChI=1S/C23H21NO5/c1-2-28-23(27)16-9-11-18(12-10-16)29-14-17(25)13-24-20-8-4-6-15-5-3-7-19(21(15)20)22(24)26/h3-12,17,25H,2,13-14H2,1H3/t17-/m0/s1. The predicted octanol–water partition coefficient (Wildman–Crippen LogP) is 3.42. The molecule has 0 bridgehead atoms. The van der Waals surface area contributed by atoms with Crippen molar-refractivity contribution in [2.45, 2.75) is 13.0 Å². The molecule has 148 valence electrons. The van der Waals surface area contributed by atoms with Gasteiger partial charge in [-0.05, 0) is 48.7 Å². The normalized spacial score (nSPS) is 13.6. The van der Waals surface area contributed by atoms with Crippen molar-refractivity contribution in [1.82, 2.24) is 0 Å². The summed E-state index contributed by atoms with van der Waals surface area (Å²) in [4.78, 5) is 26.0. The van der Waals surface area contributed by atoms with E-state index >= 15 is 0 Å². The van der Waals surface area contributed by atoms with Crippen LogP contribution in [0.4, 0.5) is 5.69 Å². The summed E-state index contributed by atoms with van der Waals surface area (Å²) in [6.45, 7) is 2.22. The Morgan fingerprint density at radius 1 is 1.07 bits per heavy atom. The van der Waals surface area contributed by atoms with Crippen LogP contribution in [0.2, 0.25) is 0 Å². The molecule has 1 N–H and O–H groups in total. The average molecular weight is 391 g/mol. The zero-order valence-corrected chi connectivity index (χ0v) is 16.0. The Bertz CT molecular complexity index is 1060. The van der Waals surface area contributed by atoms with Gasteiger partial charge in [-0.1, -0.05) is 24.3 Å². The molecule has 0 spiro atoms. The molecule has 0 radical (unpaired) electrons. The summed E-state index contributed by atoms with van der Waals surface area (Å²) < 4.78 is 10.6. The van der Waals surface area contributed by atoms with E-state index in [1.165, 1.54) is 0 Å². The van der Waals surface area contributed by atoms with Gasteiger partial charge in [0.15, 0.2) is 0 Å². The highest BCUT2D eigenvalue weighted by Crippen LogP contribution is 2.37. The molecule has 4 rings (SSSR count). The molecular weight excluding hydrogens is 370 g/mol. The summed E-state index contributed by atoms with van der Waals surface area (Å²) in [5.41, 5.74) is 1.90. The van der Waals surface area contributed by atoms with E-state index in [2.05, 4.69) is 0 Å². The van der Waals surface area contributed by atoms with E-state index in [1.807, 2.05) is 36.4 Å². The molecule has 1 heterocycles. The minimum Gasteiger partial charge on any atom is -0.491 e. The number of hydrogen-bond donors (Lipinski definition) is 1. The maximum Gasteiger partial charge on any atom is 0.338 e.